The number of piperidine rings is 1. The summed E-state index contributed by atoms with van der Waals surface area (Å²) in [6, 6.07) is 9.69. The molecule has 1 aliphatic heterocycles. The molecule has 21 heavy (non-hydrogen) atoms. The van der Waals surface area contributed by atoms with Crippen molar-refractivity contribution in [3.05, 3.63) is 34.9 Å². The Labute approximate surface area is 133 Å². The number of benzene rings is 1. The smallest absolute Gasteiger partial charge is 0.0406 e. The maximum atomic E-state index is 5.95. The minimum Gasteiger partial charge on any atom is -0.310 e. The molecule has 1 atom stereocenters. The molecule has 1 N–H and O–H groups in total. The molecule has 2 nitrogen and oxygen atoms in total. The van der Waals surface area contributed by atoms with Crippen LogP contribution in [-0.4, -0.2) is 36.6 Å². The van der Waals surface area contributed by atoms with Gasteiger partial charge in [0.1, 0.15) is 0 Å². The molecule has 1 saturated heterocycles. The van der Waals surface area contributed by atoms with E-state index in [0.29, 0.717) is 12.1 Å². The van der Waals surface area contributed by atoms with Crippen molar-refractivity contribution in [2.75, 3.05) is 19.6 Å². The number of likely N-dealkylation sites (tertiary alicyclic amines) is 1. The van der Waals surface area contributed by atoms with Crippen molar-refractivity contribution in [1.29, 1.82) is 0 Å². The molecule has 2 fully saturated rings. The first kappa shape index (κ1) is 15.3. The highest BCUT2D eigenvalue weighted by atomic mass is 35.5. The first-order valence-electron chi connectivity index (χ1n) is 8.44. The highest BCUT2D eigenvalue weighted by Gasteiger charge is 2.31. The zero-order chi connectivity index (χ0) is 14.7. The van der Waals surface area contributed by atoms with Crippen molar-refractivity contribution in [1.82, 2.24) is 10.2 Å². The Bertz CT molecular complexity index is 433. The zero-order valence-electron chi connectivity index (χ0n) is 13.0. The Hall–Kier alpha value is -0.570. The Morgan fingerprint density at radius 1 is 1.14 bits per heavy atom. The standard InChI is InChI=1S/C18H27ClN2/c1-14(13-21-9-3-2-4-10-21)20-18-11-16(12-18)15-5-7-17(19)8-6-15/h5-8,14,16,18,20H,2-4,9-13H2,1H3. The van der Waals surface area contributed by atoms with Gasteiger partial charge in [0.05, 0.1) is 0 Å². The molecule has 1 saturated carbocycles. The molecule has 2 aliphatic rings. The lowest BCUT2D eigenvalue weighted by atomic mass is 9.75. The molecule has 1 unspecified atom stereocenters. The lowest BCUT2D eigenvalue weighted by molar-refractivity contribution is 0.187. The first-order chi connectivity index (χ1) is 10.2. The van der Waals surface area contributed by atoms with Crippen LogP contribution in [-0.2, 0) is 0 Å². The molecule has 0 bridgehead atoms. The van der Waals surface area contributed by atoms with E-state index in [1.54, 1.807) is 0 Å². The predicted octanol–water partition coefficient (Wildman–Crippen LogP) is 4.05. The van der Waals surface area contributed by atoms with E-state index in [2.05, 4.69) is 29.3 Å². The van der Waals surface area contributed by atoms with Crippen LogP contribution in [0.1, 0.15) is 50.5 Å². The Balaban J connectivity index is 1.38. The van der Waals surface area contributed by atoms with E-state index in [1.165, 1.54) is 57.3 Å². The van der Waals surface area contributed by atoms with Crippen molar-refractivity contribution in [3.63, 3.8) is 0 Å². The number of nitrogens with one attached hydrogen (secondary N) is 1. The third kappa shape index (κ3) is 4.21. The van der Waals surface area contributed by atoms with Gasteiger partial charge >= 0.3 is 0 Å². The Morgan fingerprint density at radius 2 is 1.81 bits per heavy atom. The zero-order valence-corrected chi connectivity index (χ0v) is 13.8. The van der Waals surface area contributed by atoms with E-state index >= 15 is 0 Å². The number of hydrogen-bond donors (Lipinski definition) is 1. The summed E-state index contributed by atoms with van der Waals surface area (Å²) in [5, 5.41) is 4.64. The van der Waals surface area contributed by atoms with Gasteiger partial charge in [0.15, 0.2) is 0 Å². The summed E-state index contributed by atoms with van der Waals surface area (Å²) < 4.78 is 0. The summed E-state index contributed by atoms with van der Waals surface area (Å²) in [5.41, 5.74) is 1.45. The first-order valence-corrected chi connectivity index (χ1v) is 8.82. The highest BCUT2D eigenvalue weighted by molar-refractivity contribution is 6.30. The van der Waals surface area contributed by atoms with Crippen LogP contribution >= 0.6 is 11.6 Å². The van der Waals surface area contributed by atoms with Crippen molar-refractivity contribution >= 4 is 11.6 Å². The molecular formula is C18H27ClN2. The van der Waals surface area contributed by atoms with Crippen LogP contribution in [0.25, 0.3) is 0 Å². The summed E-state index contributed by atoms with van der Waals surface area (Å²) in [5.74, 6) is 0.724. The second-order valence-corrected chi connectivity index (χ2v) is 7.28. The Morgan fingerprint density at radius 3 is 2.48 bits per heavy atom. The molecule has 0 radical (unpaired) electrons. The molecule has 1 aromatic carbocycles. The number of halogens is 1. The second-order valence-electron chi connectivity index (χ2n) is 6.85. The van der Waals surface area contributed by atoms with Crippen LogP contribution < -0.4 is 5.32 Å². The highest BCUT2D eigenvalue weighted by Crippen LogP contribution is 2.37. The third-order valence-corrected chi connectivity index (χ3v) is 5.23. The van der Waals surface area contributed by atoms with Gasteiger partial charge in [-0.25, -0.2) is 0 Å². The van der Waals surface area contributed by atoms with Crippen LogP contribution in [0, 0.1) is 0 Å². The summed E-state index contributed by atoms with van der Waals surface area (Å²) in [6.07, 6.45) is 6.73. The van der Waals surface area contributed by atoms with Crippen molar-refractivity contribution in [2.24, 2.45) is 0 Å². The lowest BCUT2D eigenvalue weighted by Gasteiger charge is -2.39. The van der Waals surface area contributed by atoms with Crippen LogP contribution in [0.2, 0.25) is 5.02 Å². The topological polar surface area (TPSA) is 15.3 Å². The van der Waals surface area contributed by atoms with Crippen LogP contribution in [0.4, 0.5) is 0 Å². The van der Waals surface area contributed by atoms with E-state index in [-0.39, 0.29) is 0 Å². The van der Waals surface area contributed by atoms with E-state index < -0.39 is 0 Å². The average molecular weight is 307 g/mol. The fraction of sp³-hybridized carbons (Fsp3) is 0.667. The fourth-order valence-corrected chi connectivity index (χ4v) is 3.87. The SMILES string of the molecule is CC(CN1CCCCC1)NC1CC(c2ccc(Cl)cc2)C1. The number of hydrogen-bond acceptors (Lipinski definition) is 2. The van der Waals surface area contributed by atoms with E-state index in [1.807, 2.05) is 12.1 Å². The minimum absolute atomic E-state index is 0.610. The molecule has 1 aromatic rings. The quantitative estimate of drug-likeness (QED) is 0.883. The van der Waals surface area contributed by atoms with Crippen molar-refractivity contribution in [2.45, 2.75) is 57.0 Å². The van der Waals surface area contributed by atoms with E-state index in [4.69, 9.17) is 11.6 Å². The fourth-order valence-electron chi connectivity index (χ4n) is 3.75. The summed E-state index contributed by atoms with van der Waals surface area (Å²) >= 11 is 5.95. The molecule has 3 rings (SSSR count). The largest absolute Gasteiger partial charge is 0.310 e. The van der Waals surface area contributed by atoms with Gasteiger partial charge < -0.3 is 10.2 Å². The van der Waals surface area contributed by atoms with Crippen molar-refractivity contribution < 1.29 is 0 Å². The van der Waals surface area contributed by atoms with Gasteiger partial charge in [-0.3, -0.25) is 0 Å². The summed E-state index contributed by atoms with van der Waals surface area (Å²) in [6.45, 7) is 6.14. The van der Waals surface area contributed by atoms with Gasteiger partial charge in [-0.1, -0.05) is 30.2 Å². The predicted molar refractivity (Wildman–Crippen MR) is 90.1 cm³/mol. The lowest BCUT2D eigenvalue weighted by Crippen LogP contribution is -2.49. The number of rotatable bonds is 5. The number of nitrogens with zero attached hydrogens (tertiary/aromatic N) is 1. The average Bonchev–Trinajstić information content (AvgIpc) is 2.45. The maximum Gasteiger partial charge on any atom is 0.0406 e. The van der Waals surface area contributed by atoms with Gasteiger partial charge in [-0.2, -0.15) is 0 Å². The van der Waals surface area contributed by atoms with Gasteiger partial charge in [-0.05, 0) is 69.3 Å². The molecule has 116 valence electrons. The van der Waals surface area contributed by atoms with Crippen LogP contribution in [0.3, 0.4) is 0 Å². The monoisotopic (exact) mass is 306 g/mol. The van der Waals surface area contributed by atoms with Gasteiger partial charge in [-0.15, -0.1) is 0 Å². The Kier molecular flexibility index (Phi) is 5.20. The van der Waals surface area contributed by atoms with Crippen LogP contribution in [0.15, 0.2) is 24.3 Å². The maximum absolute atomic E-state index is 5.95. The molecule has 0 spiro atoms. The van der Waals surface area contributed by atoms with E-state index in [9.17, 15) is 0 Å². The van der Waals surface area contributed by atoms with Gasteiger partial charge in [0, 0.05) is 23.7 Å². The minimum atomic E-state index is 0.610. The third-order valence-electron chi connectivity index (χ3n) is 4.98. The second kappa shape index (κ2) is 7.13. The van der Waals surface area contributed by atoms with E-state index in [0.717, 1.165) is 10.9 Å². The molecule has 1 aliphatic carbocycles. The molecule has 3 heteroatoms. The normalized spacial score (nSPS) is 28.1. The summed E-state index contributed by atoms with van der Waals surface area (Å²) in [7, 11) is 0. The van der Waals surface area contributed by atoms with Crippen molar-refractivity contribution in [3.8, 4) is 0 Å². The van der Waals surface area contributed by atoms with Gasteiger partial charge in [0.2, 0.25) is 0 Å². The molecule has 1 heterocycles. The molecule has 0 amide bonds. The summed E-state index contributed by atoms with van der Waals surface area (Å²) in [4.78, 5) is 2.62. The van der Waals surface area contributed by atoms with Crippen LogP contribution in [0.5, 0.6) is 0 Å². The van der Waals surface area contributed by atoms with Gasteiger partial charge in [0.25, 0.3) is 0 Å². The molecular weight excluding hydrogens is 280 g/mol. The molecule has 0 aromatic heterocycles.